The van der Waals surface area contributed by atoms with Crippen LogP contribution in [0, 0.1) is 12.8 Å². The van der Waals surface area contributed by atoms with E-state index in [0.717, 1.165) is 13.0 Å². The summed E-state index contributed by atoms with van der Waals surface area (Å²) in [6.45, 7) is 4.98. The highest BCUT2D eigenvalue weighted by Gasteiger charge is 2.29. The van der Waals surface area contributed by atoms with Crippen molar-refractivity contribution in [2.45, 2.75) is 26.4 Å². The number of aromatic nitrogens is 2. The SMILES string of the molecule is Cc1nc(Cl)c(C=O)c(N2CCC(C(C)O)C2)n1. The predicted octanol–water partition coefficient (Wildman–Crippen LogP) is 1.46. The third kappa shape index (κ3) is 2.47. The molecule has 1 N–H and O–H groups in total. The largest absolute Gasteiger partial charge is 0.393 e. The topological polar surface area (TPSA) is 66.3 Å². The average Bonchev–Trinajstić information content (AvgIpc) is 2.77. The van der Waals surface area contributed by atoms with Crippen LogP contribution in [0.1, 0.15) is 29.5 Å². The van der Waals surface area contributed by atoms with E-state index in [9.17, 15) is 9.90 Å². The summed E-state index contributed by atoms with van der Waals surface area (Å²) in [6, 6.07) is 0. The number of anilines is 1. The van der Waals surface area contributed by atoms with E-state index < -0.39 is 0 Å². The fourth-order valence-electron chi connectivity index (χ4n) is 2.25. The number of nitrogens with zero attached hydrogens (tertiary/aromatic N) is 3. The second-order valence-electron chi connectivity index (χ2n) is 4.65. The molecule has 0 bridgehead atoms. The molecule has 1 aromatic heterocycles. The molecule has 6 heteroatoms. The van der Waals surface area contributed by atoms with E-state index in [1.54, 1.807) is 13.8 Å². The van der Waals surface area contributed by atoms with Crippen molar-refractivity contribution in [2.75, 3.05) is 18.0 Å². The fourth-order valence-corrected chi connectivity index (χ4v) is 2.50. The lowest BCUT2D eigenvalue weighted by atomic mass is 10.0. The van der Waals surface area contributed by atoms with Gasteiger partial charge in [-0.3, -0.25) is 4.79 Å². The maximum atomic E-state index is 11.1. The van der Waals surface area contributed by atoms with Crippen LogP contribution in [0.4, 0.5) is 5.82 Å². The van der Waals surface area contributed by atoms with Gasteiger partial charge >= 0.3 is 0 Å². The Balaban J connectivity index is 2.31. The van der Waals surface area contributed by atoms with Crippen LogP contribution in [0.5, 0.6) is 0 Å². The molecule has 18 heavy (non-hydrogen) atoms. The zero-order chi connectivity index (χ0) is 13.3. The number of aldehydes is 1. The van der Waals surface area contributed by atoms with Gasteiger partial charge in [0, 0.05) is 19.0 Å². The van der Waals surface area contributed by atoms with Crippen LogP contribution in [0.2, 0.25) is 5.15 Å². The molecule has 2 atom stereocenters. The number of aliphatic hydroxyl groups excluding tert-OH is 1. The number of aliphatic hydroxyl groups is 1. The minimum Gasteiger partial charge on any atom is -0.393 e. The van der Waals surface area contributed by atoms with E-state index in [2.05, 4.69) is 9.97 Å². The Labute approximate surface area is 111 Å². The number of carbonyl (C=O) groups excluding carboxylic acids is 1. The Kier molecular flexibility index (Phi) is 3.82. The van der Waals surface area contributed by atoms with Gasteiger partial charge in [-0.25, -0.2) is 9.97 Å². The van der Waals surface area contributed by atoms with Gasteiger partial charge in [0.25, 0.3) is 0 Å². The van der Waals surface area contributed by atoms with Crippen molar-refractivity contribution < 1.29 is 9.90 Å². The van der Waals surface area contributed by atoms with E-state index in [1.165, 1.54) is 0 Å². The van der Waals surface area contributed by atoms with Crippen LogP contribution in [-0.4, -0.2) is 40.6 Å². The molecule has 98 valence electrons. The van der Waals surface area contributed by atoms with E-state index >= 15 is 0 Å². The summed E-state index contributed by atoms with van der Waals surface area (Å²) in [5.74, 6) is 1.32. The molecule has 2 heterocycles. The summed E-state index contributed by atoms with van der Waals surface area (Å²) in [6.07, 6.45) is 1.22. The summed E-state index contributed by atoms with van der Waals surface area (Å²) in [5, 5.41) is 9.79. The van der Waals surface area contributed by atoms with Gasteiger partial charge in [-0.15, -0.1) is 0 Å². The van der Waals surface area contributed by atoms with Crippen LogP contribution < -0.4 is 4.90 Å². The molecule has 0 radical (unpaired) electrons. The summed E-state index contributed by atoms with van der Waals surface area (Å²) in [5.41, 5.74) is 0.327. The number of halogens is 1. The molecule has 0 amide bonds. The molecule has 2 unspecified atom stereocenters. The molecule has 0 saturated carbocycles. The number of hydrogen-bond acceptors (Lipinski definition) is 5. The molecular weight excluding hydrogens is 254 g/mol. The van der Waals surface area contributed by atoms with Crippen LogP contribution in [0.25, 0.3) is 0 Å². The first-order valence-electron chi connectivity index (χ1n) is 5.95. The second kappa shape index (κ2) is 5.20. The third-order valence-corrected chi connectivity index (χ3v) is 3.60. The highest BCUT2D eigenvalue weighted by Crippen LogP contribution is 2.29. The van der Waals surface area contributed by atoms with E-state index in [0.29, 0.717) is 30.0 Å². The molecule has 0 spiro atoms. The predicted molar refractivity (Wildman–Crippen MR) is 69.2 cm³/mol. The molecule has 5 nitrogen and oxygen atoms in total. The van der Waals surface area contributed by atoms with E-state index in [1.807, 2.05) is 4.90 Å². The minimum atomic E-state index is -0.354. The molecule has 0 aromatic carbocycles. The van der Waals surface area contributed by atoms with Crippen LogP contribution >= 0.6 is 11.6 Å². The normalized spacial score (nSPS) is 21.1. The summed E-state index contributed by atoms with van der Waals surface area (Å²) in [4.78, 5) is 21.4. The lowest BCUT2D eigenvalue weighted by molar-refractivity contribution is 0.112. The monoisotopic (exact) mass is 269 g/mol. The maximum Gasteiger partial charge on any atom is 0.156 e. The van der Waals surface area contributed by atoms with Gasteiger partial charge in [-0.05, 0) is 20.3 Å². The Morgan fingerprint density at radius 1 is 1.56 bits per heavy atom. The first-order valence-corrected chi connectivity index (χ1v) is 6.33. The summed E-state index contributed by atoms with van der Waals surface area (Å²) >= 11 is 5.95. The van der Waals surface area contributed by atoms with E-state index in [-0.39, 0.29) is 17.2 Å². The first-order chi connectivity index (χ1) is 8.52. The second-order valence-corrected chi connectivity index (χ2v) is 5.01. The van der Waals surface area contributed by atoms with Crippen molar-refractivity contribution in [1.29, 1.82) is 0 Å². The Morgan fingerprint density at radius 2 is 2.28 bits per heavy atom. The molecule has 1 fully saturated rings. The summed E-state index contributed by atoms with van der Waals surface area (Å²) in [7, 11) is 0. The zero-order valence-corrected chi connectivity index (χ0v) is 11.2. The number of hydrogen-bond donors (Lipinski definition) is 1. The van der Waals surface area contributed by atoms with Gasteiger partial charge in [-0.2, -0.15) is 0 Å². The molecule has 0 aliphatic carbocycles. The molecule has 2 rings (SSSR count). The van der Waals surface area contributed by atoms with Gasteiger partial charge in [0.2, 0.25) is 0 Å². The van der Waals surface area contributed by atoms with Crippen molar-refractivity contribution in [3.05, 3.63) is 16.5 Å². The van der Waals surface area contributed by atoms with Crippen molar-refractivity contribution in [1.82, 2.24) is 9.97 Å². The van der Waals surface area contributed by atoms with Crippen LogP contribution in [-0.2, 0) is 0 Å². The highest BCUT2D eigenvalue weighted by molar-refractivity contribution is 6.32. The quantitative estimate of drug-likeness (QED) is 0.665. The van der Waals surface area contributed by atoms with Gasteiger partial charge < -0.3 is 10.0 Å². The average molecular weight is 270 g/mol. The Hall–Kier alpha value is -1.20. The van der Waals surface area contributed by atoms with Crippen molar-refractivity contribution >= 4 is 23.7 Å². The van der Waals surface area contributed by atoms with Crippen molar-refractivity contribution in [2.24, 2.45) is 5.92 Å². The molecule has 1 aliphatic rings. The first kappa shape index (κ1) is 13.2. The highest BCUT2D eigenvalue weighted by atomic mass is 35.5. The Morgan fingerprint density at radius 3 is 2.83 bits per heavy atom. The third-order valence-electron chi connectivity index (χ3n) is 3.32. The van der Waals surface area contributed by atoms with Gasteiger partial charge in [0.15, 0.2) is 6.29 Å². The molecule has 1 saturated heterocycles. The molecule has 1 aromatic rings. The van der Waals surface area contributed by atoms with Gasteiger partial charge in [0.05, 0.1) is 11.7 Å². The maximum absolute atomic E-state index is 11.1. The molecular formula is C12H16ClN3O2. The Bertz CT molecular complexity index is 465. The number of carbonyl (C=O) groups is 1. The summed E-state index contributed by atoms with van der Waals surface area (Å²) < 4.78 is 0. The zero-order valence-electron chi connectivity index (χ0n) is 10.4. The minimum absolute atomic E-state index is 0.188. The number of rotatable bonds is 3. The van der Waals surface area contributed by atoms with Crippen molar-refractivity contribution in [3.63, 3.8) is 0 Å². The lowest BCUT2D eigenvalue weighted by Crippen LogP contribution is -2.26. The van der Waals surface area contributed by atoms with E-state index in [4.69, 9.17) is 11.6 Å². The fraction of sp³-hybridized carbons (Fsp3) is 0.583. The van der Waals surface area contributed by atoms with Gasteiger partial charge in [0.1, 0.15) is 16.8 Å². The van der Waals surface area contributed by atoms with Crippen LogP contribution in [0.15, 0.2) is 0 Å². The van der Waals surface area contributed by atoms with Crippen LogP contribution in [0.3, 0.4) is 0 Å². The van der Waals surface area contributed by atoms with Crippen molar-refractivity contribution in [3.8, 4) is 0 Å². The lowest BCUT2D eigenvalue weighted by Gasteiger charge is -2.20. The molecule has 1 aliphatic heterocycles. The number of aryl methyl sites for hydroxylation is 1. The van der Waals surface area contributed by atoms with Gasteiger partial charge in [-0.1, -0.05) is 11.6 Å². The standard InChI is InChI=1S/C12H16ClN3O2/c1-7(18)9-3-4-16(5-9)12-10(6-17)11(13)14-8(2)15-12/h6-7,9,18H,3-5H2,1-2H3. The smallest absolute Gasteiger partial charge is 0.156 e.